The first-order valence-corrected chi connectivity index (χ1v) is 10.9. The molecule has 0 aliphatic heterocycles. The lowest BCUT2D eigenvalue weighted by atomic mass is 9.92. The van der Waals surface area contributed by atoms with E-state index < -0.39 is 11.9 Å². The van der Waals surface area contributed by atoms with Crippen LogP contribution >= 0.6 is 0 Å². The molecule has 3 aromatic carbocycles. The van der Waals surface area contributed by atoms with Crippen molar-refractivity contribution in [2.24, 2.45) is 5.73 Å². The topological polar surface area (TPSA) is 48.0 Å². The number of halogens is 2. The van der Waals surface area contributed by atoms with Crippen molar-refractivity contribution in [1.29, 1.82) is 0 Å². The lowest BCUT2D eigenvalue weighted by Gasteiger charge is -2.23. The molecule has 33 heavy (non-hydrogen) atoms. The predicted molar refractivity (Wildman–Crippen MR) is 128 cm³/mol. The zero-order valence-electron chi connectivity index (χ0n) is 18.7. The summed E-state index contributed by atoms with van der Waals surface area (Å²) in [6, 6.07) is 21.9. The van der Waals surface area contributed by atoms with E-state index in [1.54, 1.807) is 47.9 Å². The molecule has 168 valence electrons. The number of pyridine rings is 1. The van der Waals surface area contributed by atoms with Crippen molar-refractivity contribution in [3.8, 4) is 11.1 Å². The van der Waals surface area contributed by atoms with Crippen LogP contribution in [0.4, 0.5) is 8.78 Å². The van der Waals surface area contributed by atoms with Crippen molar-refractivity contribution in [3.63, 3.8) is 0 Å². The van der Waals surface area contributed by atoms with Gasteiger partial charge in [0.25, 0.3) is 5.56 Å². The molecule has 1 heterocycles. The third kappa shape index (κ3) is 4.50. The van der Waals surface area contributed by atoms with Crippen LogP contribution in [0.15, 0.2) is 83.7 Å². The van der Waals surface area contributed by atoms with Gasteiger partial charge in [-0.15, -0.1) is 0 Å². The average molecular weight is 445 g/mol. The molecular formula is C28H26F2N2O. The van der Waals surface area contributed by atoms with Gasteiger partial charge in [-0.05, 0) is 48.2 Å². The summed E-state index contributed by atoms with van der Waals surface area (Å²) in [7, 11) is 0. The largest absolute Gasteiger partial charge is 0.322 e. The standard InChI is InChI=1S/C28H26F2N2O/c1-18-23(16-21-12-6-8-14-24(21)29)19(2)32(17-26(31)20-10-4-3-5-11-20)28(33)27(18)22-13-7-9-15-25(22)30/h3-15,26H,16-17,31H2,1-2H3. The van der Waals surface area contributed by atoms with Crippen LogP contribution in [0.3, 0.4) is 0 Å². The fraction of sp³-hybridized carbons (Fsp3) is 0.179. The number of aromatic nitrogens is 1. The second-order valence-corrected chi connectivity index (χ2v) is 8.24. The molecule has 0 amide bonds. The van der Waals surface area contributed by atoms with Crippen molar-refractivity contribution in [2.45, 2.75) is 32.9 Å². The molecule has 0 saturated heterocycles. The minimum absolute atomic E-state index is 0.223. The highest BCUT2D eigenvalue weighted by atomic mass is 19.1. The molecule has 2 N–H and O–H groups in total. The summed E-state index contributed by atoms with van der Waals surface area (Å²) in [4.78, 5) is 13.7. The molecule has 1 aromatic heterocycles. The number of nitrogens with zero attached hydrogens (tertiary/aromatic N) is 1. The van der Waals surface area contributed by atoms with E-state index in [1.165, 1.54) is 12.1 Å². The molecule has 3 nitrogen and oxygen atoms in total. The van der Waals surface area contributed by atoms with Crippen molar-refractivity contribution in [1.82, 2.24) is 4.57 Å². The lowest BCUT2D eigenvalue weighted by Crippen LogP contribution is -2.31. The van der Waals surface area contributed by atoms with Crippen molar-refractivity contribution in [3.05, 3.63) is 129 Å². The second kappa shape index (κ2) is 9.51. The molecule has 0 radical (unpaired) electrons. The fourth-order valence-corrected chi connectivity index (χ4v) is 4.33. The van der Waals surface area contributed by atoms with E-state index in [2.05, 4.69) is 0 Å². The SMILES string of the molecule is Cc1c(Cc2ccccc2F)c(C)n(CC(N)c2ccccc2)c(=O)c1-c1ccccc1F. The van der Waals surface area contributed by atoms with Gasteiger partial charge in [0, 0.05) is 30.3 Å². The monoisotopic (exact) mass is 444 g/mol. The Morgan fingerprint density at radius 2 is 1.45 bits per heavy atom. The summed E-state index contributed by atoms with van der Waals surface area (Å²) in [5.74, 6) is -0.792. The van der Waals surface area contributed by atoms with Gasteiger partial charge in [-0.1, -0.05) is 66.7 Å². The summed E-state index contributed by atoms with van der Waals surface area (Å²) in [5, 5.41) is 0. The first-order valence-electron chi connectivity index (χ1n) is 10.9. The smallest absolute Gasteiger partial charge is 0.259 e. The third-order valence-electron chi connectivity index (χ3n) is 6.20. The highest BCUT2D eigenvalue weighted by Gasteiger charge is 2.22. The van der Waals surface area contributed by atoms with Gasteiger partial charge in [0.2, 0.25) is 0 Å². The number of rotatable bonds is 6. The van der Waals surface area contributed by atoms with E-state index in [4.69, 9.17) is 5.73 Å². The van der Waals surface area contributed by atoms with Gasteiger partial charge in [-0.3, -0.25) is 4.79 Å². The number of benzene rings is 3. The van der Waals surface area contributed by atoms with Crippen LogP contribution in [0.2, 0.25) is 0 Å². The zero-order valence-corrected chi connectivity index (χ0v) is 18.7. The van der Waals surface area contributed by atoms with Crippen LogP contribution in [0.1, 0.15) is 34.0 Å². The van der Waals surface area contributed by atoms with E-state index in [1.807, 2.05) is 37.3 Å². The number of nitrogens with two attached hydrogens (primary N) is 1. The third-order valence-corrected chi connectivity index (χ3v) is 6.20. The van der Waals surface area contributed by atoms with Gasteiger partial charge in [0.1, 0.15) is 11.6 Å². The van der Waals surface area contributed by atoms with Gasteiger partial charge in [-0.2, -0.15) is 0 Å². The van der Waals surface area contributed by atoms with E-state index in [0.29, 0.717) is 16.8 Å². The van der Waals surface area contributed by atoms with Crippen LogP contribution in [0.25, 0.3) is 11.1 Å². The molecule has 0 spiro atoms. The normalized spacial score (nSPS) is 12.0. The van der Waals surface area contributed by atoms with Crippen LogP contribution in [-0.4, -0.2) is 4.57 Å². The predicted octanol–water partition coefficient (Wildman–Crippen LogP) is 5.70. The van der Waals surface area contributed by atoms with E-state index in [0.717, 1.165) is 11.1 Å². The van der Waals surface area contributed by atoms with Crippen molar-refractivity contribution >= 4 is 0 Å². The highest BCUT2D eigenvalue weighted by Crippen LogP contribution is 2.29. The minimum Gasteiger partial charge on any atom is -0.322 e. The maximum Gasteiger partial charge on any atom is 0.259 e. The van der Waals surface area contributed by atoms with Crippen molar-refractivity contribution < 1.29 is 8.78 Å². The molecule has 0 bridgehead atoms. The number of hydrogen-bond acceptors (Lipinski definition) is 2. The summed E-state index contributed by atoms with van der Waals surface area (Å²) < 4.78 is 30.9. The Labute approximate surface area is 192 Å². The highest BCUT2D eigenvalue weighted by molar-refractivity contribution is 5.69. The molecule has 0 saturated carbocycles. The number of hydrogen-bond donors (Lipinski definition) is 1. The fourth-order valence-electron chi connectivity index (χ4n) is 4.33. The quantitative estimate of drug-likeness (QED) is 0.415. The molecule has 1 atom stereocenters. The van der Waals surface area contributed by atoms with Crippen molar-refractivity contribution in [2.75, 3.05) is 0 Å². The molecule has 5 heteroatoms. The zero-order chi connectivity index (χ0) is 23.5. The summed E-state index contributed by atoms with van der Waals surface area (Å²) >= 11 is 0. The van der Waals surface area contributed by atoms with Gasteiger partial charge in [0.05, 0.1) is 5.56 Å². The summed E-state index contributed by atoms with van der Waals surface area (Å²) in [6.45, 7) is 3.86. The minimum atomic E-state index is -0.475. The Kier molecular flexibility index (Phi) is 6.52. The van der Waals surface area contributed by atoms with Gasteiger partial charge < -0.3 is 10.3 Å². The maximum absolute atomic E-state index is 14.8. The van der Waals surface area contributed by atoms with E-state index in [9.17, 15) is 13.6 Å². The van der Waals surface area contributed by atoms with E-state index >= 15 is 0 Å². The summed E-state index contributed by atoms with van der Waals surface area (Å²) in [5.41, 5.74) is 10.2. The lowest BCUT2D eigenvalue weighted by molar-refractivity contribution is 0.546. The Morgan fingerprint density at radius 3 is 2.12 bits per heavy atom. The van der Waals surface area contributed by atoms with Gasteiger partial charge in [0.15, 0.2) is 0 Å². The molecule has 0 aliphatic carbocycles. The Bertz CT molecular complexity index is 1350. The first kappa shape index (κ1) is 22.6. The molecular weight excluding hydrogens is 418 g/mol. The van der Waals surface area contributed by atoms with E-state index in [-0.39, 0.29) is 35.5 Å². The molecule has 1 unspecified atom stereocenters. The molecule has 0 aliphatic rings. The van der Waals surface area contributed by atoms with Gasteiger partial charge >= 0.3 is 0 Å². The molecule has 4 rings (SSSR count). The Morgan fingerprint density at radius 1 is 0.848 bits per heavy atom. The average Bonchev–Trinajstić information content (AvgIpc) is 2.82. The molecule has 4 aromatic rings. The van der Waals surface area contributed by atoms with Gasteiger partial charge in [-0.25, -0.2) is 8.78 Å². The van der Waals surface area contributed by atoms with Crippen LogP contribution in [0.5, 0.6) is 0 Å². The molecule has 0 fully saturated rings. The Hall–Kier alpha value is -3.57. The second-order valence-electron chi connectivity index (χ2n) is 8.24. The Balaban J connectivity index is 1.92. The van der Waals surface area contributed by atoms with Crippen LogP contribution < -0.4 is 11.3 Å². The first-order chi connectivity index (χ1) is 15.9. The van der Waals surface area contributed by atoms with Crippen LogP contribution in [0, 0.1) is 25.5 Å². The maximum atomic E-state index is 14.8. The summed E-state index contributed by atoms with van der Waals surface area (Å²) in [6.07, 6.45) is 0.284. The van der Waals surface area contributed by atoms with Crippen LogP contribution in [-0.2, 0) is 13.0 Å².